The monoisotopic (exact) mass is 450 g/mol. The van der Waals surface area contributed by atoms with Crippen LogP contribution in [0.25, 0.3) is 0 Å². The van der Waals surface area contributed by atoms with Crippen molar-refractivity contribution in [2.75, 3.05) is 6.61 Å². The third kappa shape index (κ3) is 6.38. The van der Waals surface area contributed by atoms with Crippen LogP contribution in [-0.2, 0) is 16.1 Å². The van der Waals surface area contributed by atoms with Crippen LogP contribution in [0.3, 0.4) is 0 Å². The Hall–Kier alpha value is -2.24. The maximum Gasteiger partial charge on any atom is 0.261 e. The molecular formula is C23H28Cl2N2O3. The van der Waals surface area contributed by atoms with Crippen LogP contribution in [0.2, 0.25) is 10.0 Å². The van der Waals surface area contributed by atoms with Gasteiger partial charge in [-0.2, -0.15) is 0 Å². The molecule has 162 valence electrons. The van der Waals surface area contributed by atoms with Crippen molar-refractivity contribution in [2.45, 2.75) is 53.2 Å². The molecule has 0 aliphatic heterocycles. The highest BCUT2D eigenvalue weighted by Crippen LogP contribution is 2.24. The summed E-state index contributed by atoms with van der Waals surface area (Å²) in [7, 11) is 0. The van der Waals surface area contributed by atoms with Gasteiger partial charge in [0.2, 0.25) is 5.91 Å². The first-order valence-electron chi connectivity index (χ1n) is 9.83. The van der Waals surface area contributed by atoms with Crippen molar-refractivity contribution in [3.8, 4) is 5.75 Å². The van der Waals surface area contributed by atoms with E-state index in [0.717, 1.165) is 16.7 Å². The Morgan fingerprint density at radius 1 is 1.07 bits per heavy atom. The molecule has 0 bridgehead atoms. The van der Waals surface area contributed by atoms with Gasteiger partial charge in [-0.05, 0) is 69.5 Å². The topological polar surface area (TPSA) is 58.6 Å². The van der Waals surface area contributed by atoms with Gasteiger partial charge in [-0.1, -0.05) is 41.4 Å². The molecule has 0 spiro atoms. The number of carbonyl (C=O) groups excluding carboxylic acids is 2. The summed E-state index contributed by atoms with van der Waals surface area (Å²) < 4.78 is 5.78. The van der Waals surface area contributed by atoms with Gasteiger partial charge < -0.3 is 15.0 Å². The molecule has 0 aromatic heterocycles. The highest BCUT2D eigenvalue weighted by atomic mass is 35.5. The summed E-state index contributed by atoms with van der Waals surface area (Å²) in [5, 5.41) is 3.68. The highest BCUT2D eigenvalue weighted by Gasteiger charge is 2.27. The number of rotatable bonds is 8. The maximum absolute atomic E-state index is 13.1. The number of benzene rings is 2. The van der Waals surface area contributed by atoms with Crippen molar-refractivity contribution < 1.29 is 14.3 Å². The average Bonchev–Trinajstić information content (AvgIpc) is 2.68. The van der Waals surface area contributed by atoms with E-state index in [1.807, 2.05) is 45.9 Å². The number of nitrogens with zero attached hydrogens (tertiary/aromatic N) is 1. The van der Waals surface area contributed by atoms with E-state index in [1.54, 1.807) is 25.1 Å². The number of halogens is 2. The minimum atomic E-state index is -0.684. The lowest BCUT2D eigenvalue weighted by Gasteiger charge is -2.29. The summed E-state index contributed by atoms with van der Waals surface area (Å²) >= 11 is 12.1. The predicted octanol–water partition coefficient (Wildman–Crippen LogP) is 4.93. The van der Waals surface area contributed by atoms with Crippen molar-refractivity contribution in [1.29, 1.82) is 0 Å². The smallest absolute Gasteiger partial charge is 0.261 e. The van der Waals surface area contributed by atoms with Crippen LogP contribution in [-0.4, -0.2) is 35.4 Å². The third-order valence-corrected chi connectivity index (χ3v) is 5.58. The van der Waals surface area contributed by atoms with Gasteiger partial charge in [0.25, 0.3) is 5.91 Å². The molecule has 0 saturated carbocycles. The van der Waals surface area contributed by atoms with Crippen LogP contribution in [0, 0.1) is 13.8 Å². The Labute approximate surface area is 188 Å². The molecule has 0 radical (unpaired) electrons. The highest BCUT2D eigenvalue weighted by molar-refractivity contribution is 6.42. The van der Waals surface area contributed by atoms with Gasteiger partial charge in [0.05, 0.1) is 10.0 Å². The van der Waals surface area contributed by atoms with Crippen molar-refractivity contribution in [2.24, 2.45) is 0 Å². The number of hydrogen-bond acceptors (Lipinski definition) is 3. The van der Waals surface area contributed by atoms with Crippen LogP contribution in [0.15, 0.2) is 36.4 Å². The molecule has 1 atom stereocenters. The first-order chi connectivity index (χ1) is 14.1. The summed E-state index contributed by atoms with van der Waals surface area (Å²) in [6.07, 6.45) is 0. The molecule has 1 N–H and O–H groups in total. The van der Waals surface area contributed by atoms with Gasteiger partial charge in [0.1, 0.15) is 11.8 Å². The number of amides is 2. The van der Waals surface area contributed by atoms with Crippen LogP contribution >= 0.6 is 23.2 Å². The van der Waals surface area contributed by atoms with Crippen molar-refractivity contribution in [1.82, 2.24) is 10.2 Å². The fraction of sp³-hybridized carbons (Fsp3) is 0.391. The van der Waals surface area contributed by atoms with E-state index < -0.39 is 6.04 Å². The van der Waals surface area contributed by atoms with Gasteiger partial charge in [-0.15, -0.1) is 0 Å². The summed E-state index contributed by atoms with van der Waals surface area (Å²) in [6, 6.07) is 10.1. The van der Waals surface area contributed by atoms with Gasteiger partial charge in [0, 0.05) is 12.6 Å². The van der Waals surface area contributed by atoms with Gasteiger partial charge in [-0.3, -0.25) is 9.59 Å². The fourth-order valence-corrected chi connectivity index (χ4v) is 3.25. The molecule has 2 aromatic carbocycles. The Balaban J connectivity index is 2.22. The van der Waals surface area contributed by atoms with Crippen molar-refractivity contribution in [3.05, 3.63) is 63.1 Å². The lowest BCUT2D eigenvalue weighted by atomic mass is 10.1. The zero-order valence-corrected chi connectivity index (χ0v) is 19.5. The van der Waals surface area contributed by atoms with E-state index in [-0.39, 0.29) is 31.0 Å². The molecular weight excluding hydrogens is 423 g/mol. The molecule has 0 aliphatic rings. The molecule has 2 rings (SSSR count). The van der Waals surface area contributed by atoms with Crippen LogP contribution < -0.4 is 10.1 Å². The SMILES string of the molecule is Cc1cccc(OCC(=O)N(Cc2ccc(Cl)c(Cl)c2)[C@@H](C)C(=O)NC(C)C)c1C. The average molecular weight is 451 g/mol. The standard InChI is InChI=1S/C23H28Cl2N2O3/c1-14(2)26-23(29)17(5)27(12-18-9-10-19(24)20(25)11-18)22(28)13-30-21-8-6-7-15(3)16(21)4/h6-11,14,17H,12-13H2,1-5H3,(H,26,29)/t17-/m0/s1. The Morgan fingerprint density at radius 3 is 2.40 bits per heavy atom. The molecule has 0 unspecified atom stereocenters. The maximum atomic E-state index is 13.1. The van der Waals surface area contributed by atoms with Crippen LogP contribution in [0.5, 0.6) is 5.75 Å². The quantitative estimate of drug-likeness (QED) is 0.619. The second-order valence-corrected chi connectivity index (χ2v) is 8.41. The second-order valence-electron chi connectivity index (χ2n) is 7.60. The first kappa shape index (κ1) is 24.0. The predicted molar refractivity (Wildman–Crippen MR) is 121 cm³/mol. The zero-order valence-electron chi connectivity index (χ0n) is 18.0. The molecule has 0 fully saturated rings. The van der Waals surface area contributed by atoms with E-state index >= 15 is 0 Å². The zero-order chi connectivity index (χ0) is 22.4. The van der Waals surface area contributed by atoms with E-state index in [1.165, 1.54) is 4.90 Å². The molecule has 30 heavy (non-hydrogen) atoms. The molecule has 0 saturated heterocycles. The normalized spacial score (nSPS) is 11.9. The number of aryl methyl sites for hydroxylation is 1. The van der Waals surface area contributed by atoms with E-state index in [4.69, 9.17) is 27.9 Å². The Morgan fingerprint density at radius 2 is 1.77 bits per heavy atom. The van der Waals surface area contributed by atoms with Crippen LogP contribution in [0.1, 0.15) is 37.5 Å². The van der Waals surface area contributed by atoms with Gasteiger partial charge >= 0.3 is 0 Å². The summed E-state index contributed by atoms with van der Waals surface area (Å²) in [4.78, 5) is 27.1. The van der Waals surface area contributed by atoms with Crippen molar-refractivity contribution >= 4 is 35.0 Å². The second kappa shape index (κ2) is 10.7. The molecule has 0 heterocycles. The lowest BCUT2D eigenvalue weighted by Crippen LogP contribution is -2.50. The largest absolute Gasteiger partial charge is 0.483 e. The number of ether oxygens (including phenoxy) is 1. The third-order valence-electron chi connectivity index (χ3n) is 4.84. The van der Waals surface area contributed by atoms with E-state index in [9.17, 15) is 9.59 Å². The number of hydrogen-bond donors (Lipinski definition) is 1. The van der Waals surface area contributed by atoms with Gasteiger partial charge in [-0.25, -0.2) is 0 Å². The number of nitrogens with one attached hydrogen (secondary N) is 1. The van der Waals surface area contributed by atoms with Gasteiger partial charge in [0.15, 0.2) is 6.61 Å². The van der Waals surface area contributed by atoms with Crippen LogP contribution in [0.4, 0.5) is 0 Å². The molecule has 7 heteroatoms. The van der Waals surface area contributed by atoms with Crippen molar-refractivity contribution in [3.63, 3.8) is 0 Å². The Kier molecular flexibility index (Phi) is 8.56. The minimum absolute atomic E-state index is 0.0342. The summed E-state index contributed by atoms with van der Waals surface area (Å²) in [5.41, 5.74) is 2.83. The number of carbonyl (C=O) groups is 2. The Bertz CT molecular complexity index is 915. The lowest BCUT2D eigenvalue weighted by molar-refractivity contribution is -0.142. The minimum Gasteiger partial charge on any atom is -0.483 e. The molecule has 2 amide bonds. The molecule has 0 aliphatic carbocycles. The molecule has 5 nitrogen and oxygen atoms in total. The van der Waals surface area contributed by atoms with E-state index in [0.29, 0.717) is 15.8 Å². The first-order valence-corrected chi connectivity index (χ1v) is 10.6. The summed E-state index contributed by atoms with van der Waals surface area (Å²) in [6.45, 7) is 9.41. The molecule has 2 aromatic rings. The summed E-state index contributed by atoms with van der Waals surface area (Å²) in [5.74, 6) is 0.121. The van der Waals surface area contributed by atoms with E-state index in [2.05, 4.69) is 5.32 Å². The fourth-order valence-electron chi connectivity index (χ4n) is 2.93.